The van der Waals surface area contributed by atoms with Gasteiger partial charge in [0.05, 0.1) is 5.69 Å². The lowest BCUT2D eigenvalue weighted by Crippen LogP contribution is -2.37. The van der Waals surface area contributed by atoms with E-state index in [9.17, 15) is 8.78 Å². The Morgan fingerprint density at radius 2 is 2.04 bits per heavy atom. The summed E-state index contributed by atoms with van der Waals surface area (Å²) in [6.07, 6.45) is 0.883. The first-order valence-electron chi connectivity index (χ1n) is 8.48. The van der Waals surface area contributed by atoms with Gasteiger partial charge in [-0.05, 0) is 32.4 Å². The molecular formula is C18H25F2N5O. The molecule has 0 saturated carbocycles. The average molecular weight is 365 g/mol. The molecule has 26 heavy (non-hydrogen) atoms. The molecule has 0 aliphatic heterocycles. The first-order valence-corrected chi connectivity index (χ1v) is 8.48. The smallest absolute Gasteiger partial charge is 0.387 e. The molecule has 1 heterocycles. The minimum Gasteiger partial charge on any atom is -0.434 e. The second kappa shape index (κ2) is 9.74. The van der Waals surface area contributed by atoms with Crippen LogP contribution < -0.4 is 15.4 Å². The fourth-order valence-corrected chi connectivity index (χ4v) is 2.60. The monoisotopic (exact) mass is 365 g/mol. The van der Waals surface area contributed by atoms with Crippen LogP contribution in [0.5, 0.6) is 5.75 Å². The molecule has 0 amide bonds. The Morgan fingerprint density at radius 1 is 1.27 bits per heavy atom. The third-order valence-corrected chi connectivity index (χ3v) is 3.80. The Labute approximate surface area is 152 Å². The highest BCUT2D eigenvalue weighted by molar-refractivity contribution is 5.79. The third-order valence-electron chi connectivity index (χ3n) is 3.80. The Balaban J connectivity index is 1.78. The molecule has 8 heteroatoms. The Kier molecular flexibility index (Phi) is 7.37. The molecule has 0 radical (unpaired) electrons. The molecule has 0 aliphatic rings. The van der Waals surface area contributed by atoms with Gasteiger partial charge >= 0.3 is 6.61 Å². The lowest BCUT2D eigenvalue weighted by molar-refractivity contribution is -0.0504. The summed E-state index contributed by atoms with van der Waals surface area (Å²) in [6, 6.07) is 8.74. The minimum absolute atomic E-state index is 0.162. The van der Waals surface area contributed by atoms with Crippen LogP contribution in [0.4, 0.5) is 8.78 Å². The van der Waals surface area contributed by atoms with Gasteiger partial charge in [0, 0.05) is 37.9 Å². The van der Waals surface area contributed by atoms with Crippen molar-refractivity contribution in [1.29, 1.82) is 0 Å². The molecule has 2 N–H and O–H groups in total. The van der Waals surface area contributed by atoms with E-state index in [-0.39, 0.29) is 5.75 Å². The molecule has 0 spiro atoms. The number of rotatable bonds is 8. The van der Waals surface area contributed by atoms with Gasteiger partial charge in [-0.1, -0.05) is 18.2 Å². The number of nitrogens with one attached hydrogen (secondary N) is 2. The van der Waals surface area contributed by atoms with Crippen LogP contribution in [0, 0.1) is 13.8 Å². The molecule has 1 aromatic heterocycles. The van der Waals surface area contributed by atoms with Crippen LogP contribution in [-0.4, -0.2) is 35.9 Å². The summed E-state index contributed by atoms with van der Waals surface area (Å²) in [6.45, 7) is 3.03. The van der Waals surface area contributed by atoms with Crippen molar-refractivity contribution in [3.63, 3.8) is 0 Å². The van der Waals surface area contributed by atoms with E-state index in [2.05, 4.69) is 25.5 Å². The summed E-state index contributed by atoms with van der Waals surface area (Å²) < 4.78 is 31.4. The molecule has 1 aromatic carbocycles. The zero-order valence-corrected chi connectivity index (χ0v) is 15.3. The molecule has 0 atom stereocenters. The number of aromatic nitrogens is 2. The first kappa shape index (κ1) is 19.7. The first-order chi connectivity index (χ1) is 12.5. The van der Waals surface area contributed by atoms with E-state index in [1.54, 1.807) is 25.2 Å². The highest BCUT2D eigenvalue weighted by Gasteiger charge is 2.09. The number of alkyl halides is 2. The maximum Gasteiger partial charge on any atom is 0.387 e. The number of guanidine groups is 1. The summed E-state index contributed by atoms with van der Waals surface area (Å²) in [5.41, 5.74) is 2.79. The van der Waals surface area contributed by atoms with Crippen molar-refractivity contribution in [3.8, 4) is 5.75 Å². The second-order valence-electron chi connectivity index (χ2n) is 5.84. The van der Waals surface area contributed by atoms with Crippen molar-refractivity contribution < 1.29 is 13.5 Å². The zero-order chi connectivity index (χ0) is 18.9. The van der Waals surface area contributed by atoms with Gasteiger partial charge in [-0.25, -0.2) is 0 Å². The van der Waals surface area contributed by atoms with Crippen LogP contribution in [0.25, 0.3) is 0 Å². The van der Waals surface area contributed by atoms with Gasteiger partial charge in [0.2, 0.25) is 0 Å². The fourth-order valence-electron chi connectivity index (χ4n) is 2.60. The highest BCUT2D eigenvalue weighted by Crippen LogP contribution is 2.19. The van der Waals surface area contributed by atoms with E-state index >= 15 is 0 Å². The Morgan fingerprint density at radius 3 is 2.69 bits per heavy atom. The van der Waals surface area contributed by atoms with Gasteiger partial charge in [-0.15, -0.1) is 0 Å². The van der Waals surface area contributed by atoms with Gasteiger partial charge in [0.1, 0.15) is 5.75 Å². The standard InChI is InChI=1S/C18H25F2N5O/c1-13-11-14(2)25(24-13)10-6-9-22-18(21-3)23-12-15-7-4-5-8-16(15)26-17(19)20/h4-5,7-8,11,17H,6,9-10,12H2,1-3H3,(H2,21,22,23). The van der Waals surface area contributed by atoms with Gasteiger partial charge in [0.25, 0.3) is 0 Å². The second-order valence-corrected chi connectivity index (χ2v) is 5.84. The Hall–Kier alpha value is -2.64. The number of aryl methyl sites for hydroxylation is 3. The molecule has 0 aliphatic carbocycles. The van der Waals surface area contributed by atoms with Crippen molar-refractivity contribution in [3.05, 3.63) is 47.3 Å². The van der Waals surface area contributed by atoms with Crippen LogP contribution in [0.2, 0.25) is 0 Å². The molecule has 0 unspecified atom stereocenters. The zero-order valence-electron chi connectivity index (χ0n) is 15.3. The summed E-state index contributed by atoms with van der Waals surface area (Å²) in [5, 5.41) is 10.7. The summed E-state index contributed by atoms with van der Waals surface area (Å²) in [7, 11) is 1.66. The molecule has 6 nitrogen and oxygen atoms in total. The van der Waals surface area contributed by atoms with Crippen molar-refractivity contribution in [2.75, 3.05) is 13.6 Å². The number of aliphatic imine (C=N–C) groups is 1. The van der Waals surface area contributed by atoms with E-state index in [4.69, 9.17) is 0 Å². The van der Waals surface area contributed by atoms with Gasteiger partial charge in [-0.2, -0.15) is 13.9 Å². The predicted molar refractivity (Wildman–Crippen MR) is 97.6 cm³/mol. The normalized spacial score (nSPS) is 11.7. The van der Waals surface area contributed by atoms with Gasteiger partial charge in [0.15, 0.2) is 5.96 Å². The molecule has 0 fully saturated rings. The molecular weight excluding hydrogens is 340 g/mol. The quantitative estimate of drug-likeness (QED) is 0.429. The van der Waals surface area contributed by atoms with Gasteiger partial charge < -0.3 is 15.4 Å². The maximum absolute atomic E-state index is 12.5. The number of nitrogens with zero attached hydrogens (tertiary/aromatic N) is 3. The van der Waals surface area contributed by atoms with Crippen LogP contribution in [-0.2, 0) is 13.1 Å². The van der Waals surface area contributed by atoms with Crippen molar-refractivity contribution in [2.24, 2.45) is 4.99 Å². The molecule has 0 saturated heterocycles. The number of hydrogen-bond donors (Lipinski definition) is 2. The Bertz CT molecular complexity index is 730. The SMILES string of the molecule is CN=C(NCCCn1nc(C)cc1C)NCc1ccccc1OC(F)F. The summed E-state index contributed by atoms with van der Waals surface area (Å²) in [5.74, 6) is 0.764. The van der Waals surface area contributed by atoms with E-state index in [1.165, 1.54) is 6.07 Å². The predicted octanol–water partition coefficient (Wildman–Crippen LogP) is 2.86. The maximum atomic E-state index is 12.5. The van der Waals surface area contributed by atoms with Crippen molar-refractivity contribution in [2.45, 2.75) is 40.0 Å². The van der Waals surface area contributed by atoms with E-state index in [0.29, 0.717) is 24.6 Å². The van der Waals surface area contributed by atoms with Crippen LogP contribution >= 0.6 is 0 Å². The molecule has 0 bridgehead atoms. The molecule has 142 valence electrons. The van der Waals surface area contributed by atoms with Crippen molar-refractivity contribution >= 4 is 5.96 Å². The number of ether oxygens (including phenoxy) is 1. The molecule has 2 aromatic rings. The summed E-state index contributed by atoms with van der Waals surface area (Å²) in [4.78, 5) is 4.14. The van der Waals surface area contributed by atoms with E-state index in [0.717, 1.165) is 24.4 Å². The number of para-hydroxylation sites is 1. The molecule has 2 rings (SSSR count). The number of halogens is 2. The van der Waals surface area contributed by atoms with Crippen LogP contribution in [0.3, 0.4) is 0 Å². The van der Waals surface area contributed by atoms with Crippen molar-refractivity contribution in [1.82, 2.24) is 20.4 Å². The van der Waals surface area contributed by atoms with E-state index in [1.807, 2.05) is 24.6 Å². The lowest BCUT2D eigenvalue weighted by Gasteiger charge is -2.14. The number of benzene rings is 1. The van der Waals surface area contributed by atoms with E-state index < -0.39 is 6.61 Å². The van der Waals surface area contributed by atoms with Crippen LogP contribution in [0.15, 0.2) is 35.3 Å². The number of hydrogen-bond acceptors (Lipinski definition) is 3. The van der Waals surface area contributed by atoms with Crippen LogP contribution in [0.1, 0.15) is 23.4 Å². The topological polar surface area (TPSA) is 63.5 Å². The minimum atomic E-state index is -2.84. The largest absolute Gasteiger partial charge is 0.434 e. The third kappa shape index (κ3) is 6.02. The summed E-state index contributed by atoms with van der Waals surface area (Å²) >= 11 is 0. The average Bonchev–Trinajstić information content (AvgIpc) is 2.92. The fraction of sp³-hybridized carbons (Fsp3) is 0.444. The van der Waals surface area contributed by atoms with Gasteiger partial charge in [-0.3, -0.25) is 9.67 Å². The lowest BCUT2D eigenvalue weighted by atomic mass is 10.2. The highest BCUT2D eigenvalue weighted by atomic mass is 19.3.